The fourth-order valence-electron chi connectivity index (χ4n) is 7.30. The Kier molecular flexibility index (Phi) is 7.48. The molecule has 0 N–H and O–H groups in total. The number of allylic oxidation sites excluding steroid dienone is 2. The van der Waals surface area contributed by atoms with Crippen molar-refractivity contribution in [3.63, 3.8) is 0 Å². The van der Waals surface area contributed by atoms with E-state index in [0.717, 1.165) is 0 Å². The number of aryl methyl sites for hydroxylation is 1. The van der Waals surface area contributed by atoms with Crippen molar-refractivity contribution in [1.29, 1.82) is 0 Å². The van der Waals surface area contributed by atoms with Crippen LogP contribution in [0, 0.1) is 12.8 Å². The van der Waals surface area contributed by atoms with Gasteiger partial charge in [0.05, 0.1) is 0 Å². The molecule has 0 bridgehead atoms. The number of halogens is 2. The van der Waals surface area contributed by atoms with E-state index < -0.39 is 21.5 Å². The van der Waals surface area contributed by atoms with Crippen LogP contribution < -0.4 is 0 Å². The summed E-state index contributed by atoms with van der Waals surface area (Å²) in [5.74, 6) is -0.695. The molecule has 0 aromatic heterocycles. The zero-order valence-corrected chi connectivity index (χ0v) is 29.2. The number of rotatable bonds is 6. The second-order valence-electron chi connectivity index (χ2n) is 12.6. The van der Waals surface area contributed by atoms with Gasteiger partial charge in [-0.25, -0.2) is 0 Å². The van der Waals surface area contributed by atoms with E-state index in [1.807, 2.05) is 0 Å². The Bertz CT molecular complexity index is 1460. The van der Waals surface area contributed by atoms with Gasteiger partial charge in [0, 0.05) is 0 Å². The van der Waals surface area contributed by atoms with Crippen molar-refractivity contribution >= 4 is 35.1 Å². The molecule has 0 spiro atoms. The summed E-state index contributed by atoms with van der Waals surface area (Å²) in [6, 6.07) is 22.2. The van der Waals surface area contributed by atoms with Gasteiger partial charge in [-0.15, -0.1) is 0 Å². The number of hydrogen-bond donors (Lipinski definition) is 0. The van der Waals surface area contributed by atoms with E-state index in [9.17, 15) is 0 Å². The Morgan fingerprint density at radius 2 is 1.42 bits per heavy atom. The Labute approximate surface area is 239 Å². The SMILES string of the molecule is CC1=Cc2c(-c3ccccc3)ccc(C)c2[CH]1[Zr]([Cl])([Cl])([CH]1C(C(C)C)=Cc2c(C(C)C)cccc21)[SiH](C)C. The molecule has 2 atom stereocenters. The Balaban J connectivity index is 1.81. The molecule has 3 aromatic carbocycles. The third kappa shape index (κ3) is 4.16. The number of benzene rings is 3. The second-order valence-corrected chi connectivity index (χ2v) is 55.1. The molecule has 0 heterocycles. The topological polar surface area (TPSA) is 0 Å². The van der Waals surface area contributed by atoms with E-state index in [1.54, 1.807) is 0 Å². The molecule has 2 unspecified atom stereocenters. The van der Waals surface area contributed by atoms with Crippen LogP contribution in [0.2, 0.25) is 13.1 Å². The number of fused-ring (bicyclic) bond motifs is 2. The molecule has 0 saturated carbocycles. The van der Waals surface area contributed by atoms with Crippen LogP contribution in [-0.4, -0.2) is 5.92 Å². The third-order valence-corrected chi connectivity index (χ3v) is 61.2. The Hall–Kier alpha value is -1.18. The fraction of sp³-hybridized carbons (Fsp3) is 0.353. The summed E-state index contributed by atoms with van der Waals surface area (Å²) in [6.07, 6.45) is 4.90. The predicted octanol–water partition coefficient (Wildman–Crippen LogP) is 11.0. The van der Waals surface area contributed by atoms with Gasteiger partial charge in [-0.2, -0.15) is 0 Å². The van der Waals surface area contributed by atoms with E-state index in [1.165, 1.54) is 55.7 Å². The summed E-state index contributed by atoms with van der Waals surface area (Å²) in [5, 5.41) is 0. The van der Waals surface area contributed by atoms with Gasteiger partial charge >= 0.3 is 241 Å². The van der Waals surface area contributed by atoms with Crippen molar-refractivity contribution in [2.24, 2.45) is 5.92 Å². The summed E-state index contributed by atoms with van der Waals surface area (Å²) in [6.45, 7) is 18.7. The quantitative estimate of drug-likeness (QED) is 0.236. The molecule has 4 heteroatoms. The third-order valence-electron chi connectivity index (χ3n) is 9.33. The van der Waals surface area contributed by atoms with Gasteiger partial charge in [0.1, 0.15) is 0 Å². The molecule has 0 amide bonds. The van der Waals surface area contributed by atoms with Crippen molar-refractivity contribution in [2.75, 3.05) is 0 Å². The molecule has 2 aliphatic carbocycles. The van der Waals surface area contributed by atoms with Gasteiger partial charge in [0.15, 0.2) is 0 Å². The molecule has 0 nitrogen and oxygen atoms in total. The zero-order valence-electron chi connectivity index (χ0n) is 24.1. The van der Waals surface area contributed by atoms with Gasteiger partial charge in [-0.1, -0.05) is 0 Å². The Morgan fingerprint density at radius 1 is 0.737 bits per heavy atom. The molecular formula is C34H41Cl2SiZr. The Morgan fingerprint density at radius 3 is 2.03 bits per heavy atom. The van der Waals surface area contributed by atoms with Crippen molar-refractivity contribution in [3.8, 4) is 11.1 Å². The first-order valence-corrected chi connectivity index (χ1v) is 30.5. The first-order chi connectivity index (χ1) is 17.9. The van der Waals surface area contributed by atoms with E-state index in [2.05, 4.69) is 127 Å². The van der Waals surface area contributed by atoms with Gasteiger partial charge in [-0.3, -0.25) is 0 Å². The van der Waals surface area contributed by atoms with Gasteiger partial charge < -0.3 is 0 Å². The van der Waals surface area contributed by atoms with Crippen LogP contribution in [0.4, 0.5) is 0 Å². The van der Waals surface area contributed by atoms with Crippen molar-refractivity contribution in [2.45, 2.75) is 67.8 Å². The van der Waals surface area contributed by atoms with Crippen LogP contribution in [0.1, 0.15) is 81.2 Å². The van der Waals surface area contributed by atoms with E-state index in [4.69, 9.17) is 17.0 Å². The van der Waals surface area contributed by atoms with Crippen LogP contribution in [0.15, 0.2) is 71.8 Å². The van der Waals surface area contributed by atoms with Crippen molar-refractivity contribution < 1.29 is 15.6 Å². The van der Waals surface area contributed by atoms with Gasteiger partial charge in [-0.05, 0) is 0 Å². The molecule has 2 aliphatic rings. The maximum atomic E-state index is 8.49. The normalized spacial score (nSPS) is 19.9. The van der Waals surface area contributed by atoms with Crippen LogP contribution in [0.3, 0.4) is 0 Å². The molecule has 0 fully saturated rings. The van der Waals surface area contributed by atoms with Crippen LogP contribution in [-0.2, 0) is 15.6 Å². The van der Waals surface area contributed by atoms with Crippen LogP contribution >= 0.6 is 17.0 Å². The molecule has 0 saturated heterocycles. The maximum absolute atomic E-state index is 8.49. The summed E-state index contributed by atoms with van der Waals surface area (Å²) < 4.78 is 0.283. The average Bonchev–Trinajstić information content (AvgIpc) is 3.44. The molecule has 5 rings (SSSR count). The second kappa shape index (κ2) is 10.0. The number of hydrogen-bond acceptors (Lipinski definition) is 0. The molecule has 38 heavy (non-hydrogen) atoms. The molecular weight excluding hydrogens is 599 g/mol. The molecule has 0 radical (unpaired) electrons. The minimum atomic E-state index is -4.69. The van der Waals surface area contributed by atoms with E-state index >= 15 is 0 Å². The van der Waals surface area contributed by atoms with Crippen molar-refractivity contribution in [1.82, 2.24) is 0 Å². The van der Waals surface area contributed by atoms with Gasteiger partial charge in [0.2, 0.25) is 0 Å². The predicted molar refractivity (Wildman–Crippen MR) is 170 cm³/mol. The van der Waals surface area contributed by atoms with E-state index in [-0.39, 0.29) is 7.25 Å². The first-order valence-electron chi connectivity index (χ1n) is 14.2. The molecule has 0 aliphatic heterocycles. The first kappa shape index (κ1) is 28.4. The monoisotopic (exact) mass is 637 g/mol. The van der Waals surface area contributed by atoms with Gasteiger partial charge in [0.25, 0.3) is 0 Å². The summed E-state index contributed by atoms with van der Waals surface area (Å²) in [4.78, 5) is 0. The van der Waals surface area contributed by atoms with Crippen LogP contribution in [0.5, 0.6) is 0 Å². The average molecular weight is 640 g/mol. The summed E-state index contributed by atoms with van der Waals surface area (Å²) in [5.41, 5.74) is 13.6. The van der Waals surface area contributed by atoms with E-state index in [0.29, 0.717) is 11.8 Å². The zero-order chi connectivity index (χ0) is 27.6. The van der Waals surface area contributed by atoms with Crippen LogP contribution in [0.25, 0.3) is 23.3 Å². The summed E-state index contributed by atoms with van der Waals surface area (Å²) >= 11 is -4.69. The molecule has 3 aromatic rings. The summed E-state index contributed by atoms with van der Waals surface area (Å²) in [7, 11) is 17.0. The van der Waals surface area contributed by atoms with Crippen molar-refractivity contribution in [3.05, 3.63) is 105 Å². The minimum absolute atomic E-state index is 0.130. The molecule has 199 valence electrons. The fourth-order valence-corrected chi connectivity index (χ4v) is 39.6. The standard InChI is InChI=1S/C17H15.C15H19.C2H7Si.2ClH.Zr/c1-12-10-16-13(2)8-9-15(17(16)11-12)14-6-4-3-5-7-14;1-10(2)13-8-12-6-5-7-14(11(3)4)15(12)9-13;1-3-2;;;/h3-11H,1-2H3;5-11H,1-4H3;3H,1-2H3;2*1H;/q;;;;;+2/p-2.